The van der Waals surface area contributed by atoms with Crippen molar-refractivity contribution in [1.82, 2.24) is 0 Å². The molecule has 0 aromatic heterocycles. The van der Waals surface area contributed by atoms with Crippen molar-refractivity contribution in [3.05, 3.63) is 46.3 Å². The van der Waals surface area contributed by atoms with Gasteiger partial charge in [-0.05, 0) is 26.7 Å². The van der Waals surface area contributed by atoms with Crippen molar-refractivity contribution in [1.29, 1.82) is 0 Å². The van der Waals surface area contributed by atoms with Crippen LogP contribution in [0.3, 0.4) is 0 Å². The second kappa shape index (κ2) is 6.38. The number of ether oxygens (including phenoxy) is 2. The standard InChI is InChI=1S/C21H22O5/c1-11(17-7-13-3-5-15(22)9-19(13)25-17)21(24)12(2)18-8-14-4-6-16(23)10-20(14)26-18/h9-10,13-14H,3-8H2,1-2H3/b17-11-,18-12+. The van der Waals surface area contributed by atoms with Gasteiger partial charge in [-0.3, -0.25) is 14.4 Å². The van der Waals surface area contributed by atoms with E-state index in [0.717, 1.165) is 12.8 Å². The molecule has 0 spiro atoms. The molecule has 4 rings (SSSR count). The molecule has 0 N–H and O–H groups in total. The van der Waals surface area contributed by atoms with Crippen LogP contribution in [0, 0.1) is 11.8 Å². The Morgan fingerprint density at radius 2 is 1.27 bits per heavy atom. The molecule has 5 nitrogen and oxygen atoms in total. The molecule has 2 fully saturated rings. The first-order valence-electron chi connectivity index (χ1n) is 9.21. The van der Waals surface area contributed by atoms with E-state index in [2.05, 4.69) is 0 Å². The molecule has 4 aliphatic rings. The first-order valence-corrected chi connectivity index (χ1v) is 9.21. The van der Waals surface area contributed by atoms with Crippen molar-refractivity contribution in [2.45, 2.75) is 52.4 Å². The van der Waals surface area contributed by atoms with Crippen molar-refractivity contribution in [2.24, 2.45) is 11.8 Å². The van der Waals surface area contributed by atoms with Crippen molar-refractivity contribution >= 4 is 17.3 Å². The highest BCUT2D eigenvalue weighted by atomic mass is 16.5. The fraction of sp³-hybridized carbons (Fsp3) is 0.476. The number of hydrogen-bond acceptors (Lipinski definition) is 5. The SMILES string of the molecule is C/C(C(=O)/C(C)=C1\CC2CCC(=O)C=C2O1)=C1\CC2CCC(=O)C=C2O1. The van der Waals surface area contributed by atoms with Crippen LogP contribution >= 0.6 is 0 Å². The lowest BCUT2D eigenvalue weighted by Gasteiger charge is -2.12. The van der Waals surface area contributed by atoms with Crippen LogP contribution in [0.4, 0.5) is 0 Å². The van der Waals surface area contributed by atoms with Gasteiger partial charge in [0.05, 0.1) is 0 Å². The Morgan fingerprint density at radius 3 is 1.69 bits per heavy atom. The molecule has 0 saturated carbocycles. The number of allylic oxidation sites excluding steroid dienone is 8. The Labute approximate surface area is 152 Å². The van der Waals surface area contributed by atoms with Crippen LogP contribution < -0.4 is 0 Å². The lowest BCUT2D eigenvalue weighted by molar-refractivity contribution is -0.116. The topological polar surface area (TPSA) is 69.7 Å². The van der Waals surface area contributed by atoms with Gasteiger partial charge in [-0.1, -0.05) is 0 Å². The largest absolute Gasteiger partial charge is 0.465 e. The second-order valence-corrected chi connectivity index (χ2v) is 7.54. The highest BCUT2D eigenvalue weighted by Gasteiger charge is 2.35. The summed E-state index contributed by atoms with van der Waals surface area (Å²) >= 11 is 0. The van der Waals surface area contributed by atoms with Gasteiger partial charge in [-0.15, -0.1) is 0 Å². The second-order valence-electron chi connectivity index (χ2n) is 7.54. The van der Waals surface area contributed by atoms with E-state index in [-0.39, 0.29) is 29.2 Å². The van der Waals surface area contributed by atoms with Crippen LogP contribution in [0.2, 0.25) is 0 Å². The Kier molecular flexibility index (Phi) is 4.17. The maximum Gasteiger partial charge on any atom is 0.191 e. The summed E-state index contributed by atoms with van der Waals surface area (Å²) in [6, 6.07) is 0. The zero-order chi connectivity index (χ0) is 18.4. The summed E-state index contributed by atoms with van der Waals surface area (Å²) in [4.78, 5) is 36.0. The molecule has 2 aliphatic carbocycles. The van der Waals surface area contributed by atoms with Crippen LogP contribution in [-0.4, -0.2) is 17.3 Å². The zero-order valence-electron chi connectivity index (χ0n) is 15.1. The first kappa shape index (κ1) is 17.0. The minimum absolute atomic E-state index is 0.0876. The van der Waals surface area contributed by atoms with E-state index >= 15 is 0 Å². The number of ketones is 3. The number of hydrogen-bond donors (Lipinski definition) is 0. The lowest BCUT2D eigenvalue weighted by Crippen LogP contribution is -2.09. The number of rotatable bonds is 2. The van der Waals surface area contributed by atoms with Crippen LogP contribution in [0.15, 0.2) is 46.3 Å². The molecule has 26 heavy (non-hydrogen) atoms. The van der Waals surface area contributed by atoms with Gasteiger partial charge >= 0.3 is 0 Å². The summed E-state index contributed by atoms with van der Waals surface area (Å²) in [5, 5.41) is 0. The molecule has 2 unspecified atom stereocenters. The van der Waals surface area contributed by atoms with Crippen LogP contribution in [0.25, 0.3) is 0 Å². The highest BCUT2D eigenvalue weighted by Crippen LogP contribution is 2.42. The summed E-state index contributed by atoms with van der Waals surface area (Å²) in [5.74, 6) is 3.21. The third-order valence-corrected chi connectivity index (χ3v) is 5.75. The maximum atomic E-state index is 12.9. The quantitative estimate of drug-likeness (QED) is 0.708. The Morgan fingerprint density at radius 1 is 0.846 bits per heavy atom. The normalized spacial score (nSPS) is 31.3. The van der Waals surface area contributed by atoms with Crippen LogP contribution in [0.5, 0.6) is 0 Å². The van der Waals surface area contributed by atoms with Crippen molar-refractivity contribution in [3.63, 3.8) is 0 Å². The van der Waals surface area contributed by atoms with E-state index in [9.17, 15) is 14.4 Å². The molecular weight excluding hydrogens is 332 g/mol. The van der Waals surface area contributed by atoms with E-state index in [0.29, 0.717) is 59.9 Å². The summed E-state index contributed by atoms with van der Waals surface area (Å²) in [7, 11) is 0. The highest BCUT2D eigenvalue weighted by molar-refractivity contribution is 6.08. The average Bonchev–Trinajstić information content (AvgIpc) is 3.22. The lowest BCUT2D eigenvalue weighted by atomic mass is 9.90. The van der Waals surface area contributed by atoms with Gasteiger partial charge in [0.25, 0.3) is 0 Å². The van der Waals surface area contributed by atoms with Gasteiger partial charge in [0.1, 0.15) is 23.0 Å². The van der Waals surface area contributed by atoms with E-state index in [1.807, 2.05) is 0 Å². The van der Waals surface area contributed by atoms with E-state index in [1.165, 1.54) is 0 Å². The summed E-state index contributed by atoms with van der Waals surface area (Å²) in [6.45, 7) is 3.54. The fourth-order valence-corrected chi connectivity index (χ4v) is 4.05. The molecule has 2 heterocycles. The average molecular weight is 354 g/mol. The summed E-state index contributed by atoms with van der Waals surface area (Å²) in [5.41, 5.74) is 1.14. The number of carbonyl (C=O) groups is 3. The predicted octanol–water partition coefficient (Wildman–Crippen LogP) is 3.67. The molecule has 2 atom stereocenters. The molecule has 136 valence electrons. The molecule has 0 radical (unpaired) electrons. The molecule has 2 aliphatic heterocycles. The van der Waals surface area contributed by atoms with Crippen molar-refractivity contribution in [2.75, 3.05) is 0 Å². The minimum Gasteiger partial charge on any atom is -0.465 e. The first-order chi connectivity index (χ1) is 12.4. The summed E-state index contributed by atoms with van der Waals surface area (Å²) < 4.78 is 11.6. The van der Waals surface area contributed by atoms with Gasteiger partial charge in [-0.2, -0.15) is 0 Å². The molecule has 0 amide bonds. The monoisotopic (exact) mass is 354 g/mol. The van der Waals surface area contributed by atoms with Gasteiger partial charge < -0.3 is 9.47 Å². The Bertz CT molecular complexity index is 768. The van der Waals surface area contributed by atoms with Crippen molar-refractivity contribution in [3.8, 4) is 0 Å². The zero-order valence-corrected chi connectivity index (χ0v) is 15.1. The third kappa shape index (κ3) is 2.96. The maximum absolute atomic E-state index is 12.9. The van der Waals surface area contributed by atoms with E-state index < -0.39 is 0 Å². The molecule has 2 saturated heterocycles. The molecular formula is C21H22O5. The van der Waals surface area contributed by atoms with Gasteiger partial charge in [0.15, 0.2) is 17.3 Å². The molecule has 0 aromatic carbocycles. The van der Waals surface area contributed by atoms with E-state index in [4.69, 9.17) is 9.47 Å². The number of fused-ring (bicyclic) bond motifs is 2. The molecule has 5 heteroatoms. The Hall–Kier alpha value is -2.43. The minimum atomic E-state index is -0.0915. The molecule has 0 aromatic rings. The van der Waals surface area contributed by atoms with Gasteiger partial charge in [0.2, 0.25) is 0 Å². The van der Waals surface area contributed by atoms with E-state index in [1.54, 1.807) is 26.0 Å². The van der Waals surface area contributed by atoms with Gasteiger partial charge in [-0.25, -0.2) is 0 Å². The smallest absolute Gasteiger partial charge is 0.191 e. The van der Waals surface area contributed by atoms with Crippen molar-refractivity contribution < 1.29 is 23.9 Å². The predicted molar refractivity (Wildman–Crippen MR) is 93.4 cm³/mol. The third-order valence-electron chi connectivity index (χ3n) is 5.75. The van der Waals surface area contributed by atoms with Gasteiger partial charge in [0, 0.05) is 60.8 Å². The molecule has 0 bridgehead atoms. The van der Waals surface area contributed by atoms with Crippen LogP contribution in [-0.2, 0) is 23.9 Å². The summed E-state index contributed by atoms with van der Waals surface area (Å²) in [6.07, 6.45) is 7.13. The van der Waals surface area contributed by atoms with Crippen LogP contribution in [0.1, 0.15) is 52.4 Å². The fourth-order valence-electron chi connectivity index (χ4n) is 4.05. The Balaban J connectivity index is 1.56. The number of Topliss-reactive ketones (excluding diaryl/α,β-unsaturated/α-hetero) is 1. The number of carbonyl (C=O) groups excluding carboxylic acids is 3.